The number of ether oxygens (including phenoxy) is 1. The Morgan fingerprint density at radius 1 is 1.17 bits per heavy atom. The van der Waals surface area contributed by atoms with E-state index in [1.807, 2.05) is 6.07 Å². The Morgan fingerprint density at radius 3 is 2.38 bits per heavy atom. The summed E-state index contributed by atoms with van der Waals surface area (Å²) in [5.74, 6) is -0.665. The molecule has 0 saturated carbocycles. The Balaban J connectivity index is 2.32. The zero-order valence-electron chi connectivity index (χ0n) is 13.8. The zero-order valence-corrected chi connectivity index (χ0v) is 16.1. The van der Waals surface area contributed by atoms with Gasteiger partial charge in [-0.3, -0.25) is 0 Å². The maximum atomic E-state index is 12.1. The molecule has 2 rings (SSSR count). The summed E-state index contributed by atoms with van der Waals surface area (Å²) in [5, 5.41) is 1.30. The van der Waals surface area contributed by atoms with Crippen molar-refractivity contribution in [2.24, 2.45) is 0 Å². The summed E-state index contributed by atoms with van der Waals surface area (Å²) in [6.45, 7) is 7.09. The highest BCUT2D eigenvalue weighted by Crippen LogP contribution is 2.27. The molecule has 0 aliphatic carbocycles. The number of hydrogen-bond acceptors (Lipinski definition) is 4. The van der Waals surface area contributed by atoms with Crippen molar-refractivity contribution < 1.29 is 9.53 Å². The van der Waals surface area contributed by atoms with Crippen LogP contribution in [0.4, 0.5) is 0 Å². The summed E-state index contributed by atoms with van der Waals surface area (Å²) in [5.41, 5.74) is 1.52. The Morgan fingerprint density at radius 2 is 1.83 bits per heavy atom. The lowest BCUT2D eigenvalue weighted by molar-refractivity contribution is 0.00552. The first-order valence-electron chi connectivity index (χ1n) is 7.27. The van der Waals surface area contributed by atoms with E-state index in [1.54, 1.807) is 39.8 Å². The van der Waals surface area contributed by atoms with E-state index in [4.69, 9.17) is 39.5 Å². The van der Waals surface area contributed by atoms with Gasteiger partial charge in [0.2, 0.25) is 5.82 Å². The average molecular weight is 388 g/mol. The van der Waals surface area contributed by atoms with Gasteiger partial charge in [-0.05, 0) is 45.4 Å². The summed E-state index contributed by atoms with van der Waals surface area (Å²) in [6, 6.07) is 5.24. The molecule has 0 unspecified atom stereocenters. The summed E-state index contributed by atoms with van der Waals surface area (Å²) in [4.78, 5) is 20.4. The van der Waals surface area contributed by atoms with Gasteiger partial charge in [0.25, 0.3) is 0 Å². The lowest BCUT2D eigenvalue weighted by Gasteiger charge is -2.19. The molecule has 0 saturated heterocycles. The molecule has 1 aromatic carbocycles. The van der Waals surface area contributed by atoms with Crippen LogP contribution in [0.5, 0.6) is 0 Å². The summed E-state index contributed by atoms with van der Waals surface area (Å²) in [6.07, 6.45) is 0.440. The first kappa shape index (κ1) is 19.0. The molecule has 7 heteroatoms. The molecule has 0 spiro atoms. The number of aryl methyl sites for hydroxylation is 1. The van der Waals surface area contributed by atoms with Gasteiger partial charge in [0, 0.05) is 27.7 Å². The fraction of sp³-hybridized carbons (Fsp3) is 0.353. The molecule has 2 aromatic rings. The van der Waals surface area contributed by atoms with Crippen LogP contribution >= 0.6 is 34.8 Å². The van der Waals surface area contributed by atoms with Crippen LogP contribution in [-0.2, 0) is 11.2 Å². The minimum absolute atomic E-state index is 0.0571. The second-order valence-electron chi connectivity index (χ2n) is 6.32. The summed E-state index contributed by atoms with van der Waals surface area (Å²) < 4.78 is 5.27. The molecule has 0 amide bonds. The van der Waals surface area contributed by atoms with Crippen LogP contribution in [0, 0.1) is 6.92 Å². The monoisotopic (exact) mass is 386 g/mol. The van der Waals surface area contributed by atoms with Gasteiger partial charge in [0.15, 0.2) is 0 Å². The van der Waals surface area contributed by atoms with E-state index in [9.17, 15) is 4.79 Å². The molecule has 128 valence electrons. The first-order chi connectivity index (χ1) is 11.1. The standard InChI is InChI=1S/C17H17Cl3N2O2/c1-9-12(7-10-5-6-11(18)8-13(10)19)14(20)22-15(21-9)16(23)24-17(2,3)4/h5-6,8H,7H2,1-4H3. The number of carbonyl (C=O) groups is 1. The zero-order chi connectivity index (χ0) is 18.1. The number of hydrogen-bond donors (Lipinski definition) is 0. The third kappa shape index (κ3) is 4.82. The molecule has 0 aliphatic heterocycles. The third-order valence-corrected chi connectivity index (χ3v) is 4.03. The summed E-state index contributed by atoms with van der Waals surface area (Å²) in [7, 11) is 0. The van der Waals surface area contributed by atoms with Crippen molar-refractivity contribution in [3.63, 3.8) is 0 Å². The fourth-order valence-corrected chi connectivity index (χ4v) is 2.79. The van der Waals surface area contributed by atoms with Gasteiger partial charge in [0.05, 0.1) is 0 Å². The van der Waals surface area contributed by atoms with Gasteiger partial charge >= 0.3 is 5.97 Å². The number of benzene rings is 1. The molecule has 0 bridgehead atoms. The summed E-state index contributed by atoms with van der Waals surface area (Å²) >= 11 is 18.4. The van der Waals surface area contributed by atoms with Gasteiger partial charge in [0.1, 0.15) is 10.8 Å². The Bertz CT molecular complexity index is 763. The fourth-order valence-electron chi connectivity index (χ4n) is 2.03. The van der Waals surface area contributed by atoms with Gasteiger partial charge < -0.3 is 4.74 Å². The Labute approximate surface area is 156 Å². The highest BCUT2D eigenvalue weighted by Gasteiger charge is 2.22. The SMILES string of the molecule is Cc1nc(C(=O)OC(C)(C)C)nc(Cl)c1Cc1ccc(Cl)cc1Cl. The van der Waals surface area contributed by atoms with Crippen molar-refractivity contribution in [1.29, 1.82) is 0 Å². The second kappa shape index (κ2) is 7.26. The number of rotatable bonds is 3. The molecule has 1 aromatic heterocycles. The minimum atomic E-state index is -0.629. The second-order valence-corrected chi connectivity index (χ2v) is 7.52. The van der Waals surface area contributed by atoms with E-state index in [-0.39, 0.29) is 11.0 Å². The van der Waals surface area contributed by atoms with E-state index in [0.717, 1.165) is 5.56 Å². The molecule has 0 radical (unpaired) electrons. The van der Waals surface area contributed by atoms with Crippen molar-refractivity contribution >= 4 is 40.8 Å². The van der Waals surface area contributed by atoms with Crippen LogP contribution in [0.25, 0.3) is 0 Å². The maximum absolute atomic E-state index is 12.1. The molecular formula is C17H17Cl3N2O2. The smallest absolute Gasteiger partial charge is 0.376 e. The predicted molar refractivity (Wildman–Crippen MR) is 96.2 cm³/mol. The first-order valence-corrected chi connectivity index (χ1v) is 8.40. The minimum Gasteiger partial charge on any atom is -0.454 e. The van der Waals surface area contributed by atoms with Gasteiger partial charge in [-0.15, -0.1) is 0 Å². The number of aromatic nitrogens is 2. The largest absolute Gasteiger partial charge is 0.454 e. The van der Waals surface area contributed by atoms with Gasteiger partial charge in [-0.25, -0.2) is 14.8 Å². The number of esters is 1. The van der Waals surface area contributed by atoms with E-state index < -0.39 is 11.6 Å². The van der Waals surface area contributed by atoms with Crippen molar-refractivity contribution in [3.8, 4) is 0 Å². The molecule has 0 atom stereocenters. The van der Waals surface area contributed by atoms with Crippen LogP contribution in [0.15, 0.2) is 18.2 Å². The molecule has 0 fully saturated rings. The van der Waals surface area contributed by atoms with Crippen molar-refractivity contribution in [2.75, 3.05) is 0 Å². The third-order valence-electron chi connectivity index (χ3n) is 3.13. The predicted octanol–water partition coefficient (Wildman–Crippen LogP) is 5.29. The lowest BCUT2D eigenvalue weighted by atomic mass is 10.1. The quantitative estimate of drug-likeness (QED) is 0.530. The van der Waals surface area contributed by atoms with Crippen molar-refractivity contribution in [1.82, 2.24) is 9.97 Å². The van der Waals surface area contributed by atoms with Crippen LogP contribution in [0.3, 0.4) is 0 Å². The van der Waals surface area contributed by atoms with Crippen LogP contribution < -0.4 is 0 Å². The molecule has 0 aliphatic rings. The highest BCUT2D eigenvalue weighted by molar-refractivity contribution is 6.35. The molecular weight excluding hydrogens is 371 g/mol. The van der Waals surface area contributed by atoms with E-state index in [0.29, 0.717) is 27.7 Å². The molecule has 0 N–H and O–H groups in total. The Hall–Kier alpha value is -1.36. The average Bonchev–Trinajstić information content (AvgIpc) is 2.42. The van der Waals surface area contributed by atoms with Crippen molar-refractivity contribution in [2.45, 2.75) is 39.7 Å². The molecule has 4 nitrogen and oxygen atoms in total. The van der Waals surface area contributed by atoms with Crippen LogP contribution in [-0.4, -0.2) is 21.5 Å². The van der Waals surface area contributed by atoms with E-state index in [2.05, 4.69) is 9.97 Å². The highest BCUT2D eigenvalue weighted by atomic mass is 35.5. The van der Waals surface area contributed by atoms with Crippen LogP contribution in [0.1, 0.15) is 48.2 Å². The van der Waals surface area contributed by atoms with E-state index >= 15 is 0 Å². The molecule has 24 heavy (non-hydrogen) atoms. The topological polar surface area (TPSA) is 52.1 Å². The molecule has 1 heterocycles. The van der Waals surface area contributed by atoms with Gasteiger partial charge in [-0.2, -0.15) is 0 Å². The number of nitrogens with zero attached hydrogens (tertiary/aromatic N) is 2. The van der Waals surface area contributed by atoms with Crippen molar-refractivity contribution in [3.05, 3.63) is 56.0 Å². The number of halogens is 3. The lowest BCUT2D eigenvalue weighted by Crippen LogP contribution is -2.25. The normalized spacial score (nSPS) is 11.5. The maximum Gasteiger partial charge on any atom is 0.376 e. The van der Waals surface area contributed by atoms with Crippen LogP contribution in [0.2, 0.25) is 15.2 Å². The van der Waals surface area contributed by atoms with E-state index in [1.165, 1.54) is 0 Å². The number of carbonyl (C=O) groups excluding carboxylic acids is 1. The Kier molecular flexibility index (Phi) is 5.74. The van der Waals surface area contributed by atoms with Gasteiger partial charge in [-0.1, -0.05) is 40.9 Å².